The molecule has 1 unspecified atom stereocenters. The number of likely N-dealkylation sites (N-methyl/N-ethyl adjacent to an activating group) is 2. The molecule has 1 fully saturated rings. The fourth-order valence-corrected chi connectivity index (χ4v) is 2.37. The van der Waals surface area contributed by atoms with E-state index in [1.165, 1.54) is 11.1 Å². The lowest BCUT2D eigenvalue weighted by atomic mass is 10.1. The van der Waals surface area contributed by atoms with E-state index < -0.39 is 0 Å². The van der Waals surface area contributed by atoms with E-state index in [1.54, 1.807) is 4.90 Å². The molecule has 4 nitrogen and oxygen atoms in total. The second kappa shape index (κ2) is 5.72. The summed E-state index contributed by atoms with van der Waals surface area (Å²) in [6.07, 6.45) is 0. The minimum absolute atomic E-state index is 0.0691. The summed E-state index contributed by atoms with van der Waals surface area (Å²) in [5, 5.41) is 3.28. The van der Waals surface area contributed by atoms with Crippen LogP contribution in [0.25, 0.3) is 0 Å². The van der Waals surface area contributed by atoms with Gasteiger partial charge in [0.05, 0.1) is 0 Å². The van der Waals surface area contributed by atoms with E-state index in [0.717, 1.165) is 25.3 Å². The standard InChI is InChI=1S/C15H23N3O/c1-11-5-6-13(9-12(11)2)18(4)15(19)14-10-16-7-8-17(14)3/h5-6,9,14,16H,7-8,10H2,1-4H3. The van der Waals surface area contributed by atoms with E-state index in [9.17, 15) is 4.79 Å². The van der Waals surface area contributed by atoms with Gasteiger partial charge in [0.2, 0.25) is 5.91 Å². The first-order valence-electron chi connectivity index (χ1n) is 6.76. The molecule has 0 saturated carbocycles. The molecule has 4 heteroatoms. The number of carbonyl (C=O) groups is 1. The van der Waals surface area contributed by atoms with Crippen molar-refractivity contribution in [3.05, 3.63) is 29.3 Å². The van der Waals surface area contributed by atoms with Crippen molar-refractivity contribution in [1.29, 1.82) is 0 Å². The van der Waals surface area contributed by atoms with Crippen LogP contribution in [-0.2, 0) is 4.79 Å². The Kier molecular flexibility index (Phi) is 4.22. The van der Waals surface area contributed by atoms with Crippen LogP contribution in [0.4, 0.5) is 5.69 Å². The summed E-state index contributed by atoms with van der Waals surface area (Å²) in [5.41, 5.74) is 3.43. The number of benzene rings is 1. The van der Waals surface area contributed by atoms with Crippen LogP contribution in [0.1, 0.15) is 11.1 Å². The number of piperazine rings is 1. The molecule has 0 spiro atoms. The zero-order chi connectivity index (χ0) is 14.0. The van der Waals surface area contributed by atoms with E-state index >= 15 is 0 Å². The van der Waals surface area contributed by atoms with Gasteiger partial charge in [0.25, 0.3) is 0 Å². The molecule has 2 rings (SSSR count). The molecule has 0 bridgehead atoms. The third-order valence-corrected chi connectivity index (χ3v) is 4.00. The summed E-state index contributed by atoms with van der Waals surface area (Å²) in [6, 6.07) is 6.08. The van der Waals surface area contributed by atoms with Crippen LogP contribution in [0.2, 0.25) is 0 Å². The number of hydrogen-bond donors (Lipinski definition) is 1. The Balaban J connectivity index is 2.15. The maximum absolute atomic E-state index is 12.5. The molecule has 1 heterocycles. The fraction of sp³-hybridized carbons (Fsp3) is 0.533. The second-order valence-electron chi connectivity index (χ2n) is 5.37. The monoisotopic (exact) mass is 261 g/mol. The highest BCUT2D eigenvalue weighted by Gasteiger charge is 2.28. The number of amides is 1. The molecule has 0 radical (unpaired) electrons. The SMILES string of the molecule is Cc1ccc(N(C)C(=O)C2CNCCN2C)cc1C. The van der Waals surface area contributed by atoms with Gasteiger partial charge in [0.1, 0.15) is 6.04 Å². The molecule has 1 saturated heterocycles. The zero-order valence-corrected chi connectivity index (χ0v) is 12.2. The Bertz CT molecular complexity index is 472. The molecular formula is C15H23N3O. The van der Waals surface area contributed by atoms with Gasteiger partial charge in [0, 0.05) is 32.4 Å². The van der Waals surface area contributed by atoms with E-state index in [-0.39, 0.29) is 11.9 Å². The Morgan fingerprint density at radius 2 is 2.11 bits per heavy atom. The van der Waals surface area contributed by atoms with Gasteiger partial charge in [-0.3, -0.25) is 9.69 Å². The third kappa shape index (κ3) is 2.96. The average molecular weight is 261 g/mol. The number of nitrogens with one attached hydrogen (secondary N) is 1. The second-order valence-corrected chi connectivity index (χ2v) is 5.37. The first kappa shape index (κ1) is 14.0. The lowest BCUT2D eigenvalue weighted by molar-refractivity contribution is -0.123. The van der Waals surface area contributed by atoms with Gasteiger partial charge >= 0.3 is 0 Å². The molecule has 104 valence electrons. The predicted octanol–water partition coefficient (Wildman–Crippen LogP) is 1.17. The number of hydrogen-bond acceptors (Lipinski definition) is 3. The first-order valence-corrected chi connectivity index (χ1v) is 6.76. The van der Waals surface area contributed by atoms with Crippen LogP contribution in [0, 0.1) is 13.8 Å². The summed E-state index contributed by atoms with van der Waals surface area (Å²) in [4.78, 5) is 16.4. The number of anilines is 1. The van der Waals surface area contributed by atoms with Gasteiger partial charge < -0.3 is 10.2 Å². The quantitative estimate of drug-likeness (QED) is 0.868. The van der Waals surface area contributed by atoms with Gasteiger partial charge in [0.15, 0.2) is 0 Å². The molecular weight excluding hydrogens is 238 g/mol. The van der Waals surface area contributed by atoms with Crippen LogP contribution in [0.3, 0.4) is 0 Å². The largest absolute Gasteiger partial charge is 0.314 e. The van der Waals surface area contributed by atoms with E-state index in [0.29, 0.717) is 0 Å². The highest BCUT2D eigenvalue weighted by atomic mass is 16.2. The molecule has 1 aliphatic heterocycles. The normalized spacial score (nSPS) is 20.3. The van der Waals surface area contributed by atoms with Gasteiger partial charge in [-0.1, -0.05) is 6.07 Å². The number of aryl methyl sites for hydroxylation is 2. The smallest absolute Gasteiger partial charge is 0.245 e. The number of carbonyl (C=O) groups excluding carboxylic acids is 1. The van der Waals surface area contributed by atoms with Gasteiger partial charge in [-0.25, -0.2) is 0 Å². The molecule has 0 aliphatic carbocycles. The lowest BCUT2D eigenvalue weighted by Gasteiger charge is -2.34. The van der Waals surface area contributed by atoms with Crippen LogP contribution < -0.4 is 10.2 Å². The van der Waals surface area contributed by atoms with Crippen molar-refractivity contribution in [3.8, 4) is 0 Å². The first-order chi connectivity index (χ1) is 9.00. The fourth-order valence-electron chi connectivity index (χ4n) is 2.37. The minimum Gasteiger partial charge on any atom is -0.314 e. The maximum Gasteiger partial charge on any atom is 0.245 e. The Morgan fingerprint density at radius 3 is 2.74 bits per heavy atom. The topological polar surface area (TPSA) is 35.6 Å². The lowest BCUT2D eigenvalue weighted by Crippen LogP contribution is -2.56. The molecule has 1 aromatic rings. The van der Waals surface area contributed by atoms with Crippen molar-refractivity contribution in [2.24, 2.45) is 0 Å². The van der Waals surface area contributed by atoms with Gasteiger partial charge in [-0.15, -0.1) is 0 Å². The average Bonchev–Trinajstić information content (AvgIpc) is 2.41. The van der Waals surface area contributed by atoms with Crippen LogP contribution in [0.5, 0.6) is 0 Å². The Hall–Kier alpha value is -1.39. The molecule has 1 aromatic carbocycles. The summed E-state index contributed by atoms with van der Waals surface area (Å²) in [5.74, 6) is 0.151. The van der Waals surface area contributed by atoms with Crippen LogP contribution in [-0.4, -0.2) is 50.6 Å². The molecule has 1 atom stereocenters. The van der Waals surface area contributed by atoms with E-state index in [1.807, 2.05) is 20.2 Å². The summed E-state index contributed by atoms with van der Waals surface area (Å²) in [6.45, 7) is 6.75. The van der Waals surface area contributed by atoms with Crippen molar-refractivity contribution in [2.75, 3.05) is 38.6 Å². The molecule has 19 heavy (non-hydrogen) atoms. The van der Waals surface area contributed by atoms with Gasteiger partial charge in [-0.2, -0.15) is 0 Å². The highest BCUT2D eigenvalue weighted by molar-refractivity contribution is 5.97. The Labute approximate surface area is 115 Å². The summed E-state index contributed by atoms with van der Waals surface area (Å²) in [7, 11) is 3.87. The zero-order valence-electron chi connectivity index (χ0n) is 12.2. The predicted molar refractivity (Wildman–Crippen MR) is 78.6 cm³/mol. The highest BCUT2D eigenvalue weighted by Crippen LogP contribution is 2.19. The van der Waals surface area contributed by atoms with Crippen molar-refractivity contribution < 1.29 is 4.79 Å². The molecule has 1 aliphatic rings. The summed E-state index contributed by atoms with van der Waals surface area (Å²) >= 11 is 0. The van der Waals surface area contributed by atoms with E-state index in [4.69, 9.17) is 0 Å². The Morgan fingerprint density at radius 1 is 1.37 bits per heavy atom. The summed E-state index contributed by atoms with van der Waals surface area (Å²) < 4.78 is 0. The van der Waals surface area contributed by atoms with Crippen molar-refractivity contribution in [3.63, 3.8) is 0 Å². The molecule has 1 N–H and O–H groups in total. The van der Waals surface area contributed by atoms with E-state index in [2.05, 4.69) is 36.2 Å². The minimum atomic E-state index is -0.0691. The molecule has 1 amide bonds. The van der Waals surface area contributed by atoms with Crippen molar-refractivity contribution in [1.82, 2.24) is 10.2 Å². The third-order valence-electron chi connectivity index (χ3n) is 4.00. The van der Waals surface area contributed by atoms with Crippen LogP contribution in [0.15, 0.2) is 18.2 Å². The number of rotatable bonds is 2. The number of nitrogens with zero attached hydrogens (tertiary/aromatic N) is 2. The molecule has 0 aromatic heterocycles. The van der Waals surface area contributed by atoms with Crippen molar-refractivity contribution in [2.45, 2.75) is 19.9 Å². The maximum atomic E-state index is 12.5. The van der Waals surface area contributed by atoms with Gasteiger partial charge in [-0.05, 0) is 44.2 Å². The van der Waals surface area contributed by atoms with Crippen LogP contribution >= 0.6 is 0 Å². The van der Waals surface area contributed by atoms with Crippen molar-refractivity contribution >= 4 is 11.6 Å².